The molecular formula is C27H31N7O5. The number of anilines is 3. The fourth-order valence-electron chi connectivity index (χ4n) is 5.27. The van der Waals surface area contributed by atoms with Gasteiger partial charge in [0.05, 0.1) is 17.4 Å². The van der Waals surface area contributed by atoms with Gasteiger partial charge in [0.2, 0.25) is 5.91 Å². The molecule has 1 N–H and O–H groups in total. The SMILES string of the molecule is COC1CCN(c2cc(NC(=O)N3CCCc4cc(CN5CCCOCC5=O)c(C=O)nc43)ncc2C#N)C1. The summed E-state index contributed by atoms with van der Waals surface area (Å²) in [5.41, 5.74) is 2.81. The average Bonchev–Trinajstić information content (AvgIpc) is 3.35. The first kappa shape index (κ1) is 26.5. The number of rotatable bonds is 6. The normalized spacial score (nSPS) is 19.3. The van der Waals surface area contributed by atoms with Gasteiger partial charge in [-0.05, 0) is 37.3 Å². The summed E-state index contributed by atoms with van der Waals surface area (Å²) in [5, 5.41) is 12.4. The number of methoxy groups -OCH3 is 1. The molecule has 0 saturated carbocycles. The molecule has 0 bridgehead atoms. The molecule has 2 saturated heterocycles. The van der Waals surface area contributed by atoms with Gasteiger partial charge in [-0.2, -0.15) is 5.26 Å². The van der Waals surface area contributed by atoms with Crippen LogP contribution in [0.1, 0.15) is 46.4 Å². The van der Waals surface area contributed by atoms with E-state index in [1.165, 1.54) is 11.1 Å². The minimum absolute atomic E-state index is 0.0263. The molecule has 3 aliphatic rings. The molecule has 0 spiro atoms. The molecule has 0 radical (unpaired) electrons. The molecule has 3 amide bonds. The lowest BCUT2D eigenvalue weighted by Crippen LogP contribution is -2.40. The number of nitrogens with zero attached hydrogens (tertiary/aromatic N) is 6. The van der Waals surface area contributed by atoms with Crippen LogP contribution in [-0.2, 0) is 27.2 Å². The van der Waals surface area contributed by atoms with Gasteiger partial charge in [0.15, 0.2) is 6.29 Å². The van der Waals surface area contributed by atoms with E-state index in [2.05, 4.69) is 26.3 Å². The highest BCUT2D eigenvalue weighted by molar-refractivity contribution is 6.02. The highest BCUT2D eigenvalue weighted by Gasteiger charge is 2.29. The second-order valence-electron chi connectivity index (χ2n) is 9.83. The Morgan fingerprint density at radius 1 is 1.31 bits per heavy atom. The van der Waals surface area contributed by atoms with E-state index in [9.17, 15) is 19.6 Å². The van der Waals surface area contributed by atoms with Crippen molar-refractivity contribution in [1.29, 1.82) is 5.26 Å². The van der Waals surface area contributed by atoms with Crippen LogP contribution in [0.25, 0.3) is 0 Å². The zero-order valence-electron chi connectivity index (χ0n) is 21.9. The van der Waals surface area contributed by atoms with Gasteiger partial charge in [-0.25, -0.2) is 14.8 Å². The van der Waals surface area contributed by atoms with Gasteiger partial charge in [0.25, 0.3) is 0 Å². The number of pyridine rings is 2. The molecule has 204 valence electrons. The van der Waals surface area contributed by atoms with E-state index in [1.807, 2.05) is 6.07 Å². The van der Waals surface area contributed by atoms with Crippen LogP contribution in [0.4, 0.5) is 22.1 Å². The monoisotopic (exact) mass is 533 g/mol. The van der Waals surface area contributed by atoms with Gasteiger partial charge < -0.3 is 19.3 Å². The number of fused-ring (bicyclic) bond motifs is 1. The average molecular weight is 534 g/mol. The van der Waals surface area contributed by atoms with Gasteiger partial charge in [-0.15, -0.1) is 0 Å². The highest BCUT2D eigenvalue weighted by Crippen LogP contribution is 2.30. The number of aryl methyl sites for hydroxylation is 1. The smallest absolute Gasteiger partial charge is 0.328 e. The number of ether oxygens (including phenoxy) is 2. The molecular weight excluding hydrogens is 502 g/mol. The van der Waals surface area contributed by atoms with Crippen molar-refractivity contribution in [1.82, 2.24) is 14.9 Å². The zero-order chi connectivity index (χ0) is 27.4. The van der Waals surface area contributed by atoms with E-state index in [-0.39, 0.29) is 30.9 Å². The maximum absolute atomic E-state index is 13.4. The van der Waals surface area contributed by atoms with Gasteiger partial charge in [-0.1, -0.05) is 0 Å². The first-order valence-electron chi connectivity index (χ1n) is 13.1. The molecule has 0 aromatic carbocycles. The third-order valence-corrected chi connectivity index (χ3v) is 7.34. The van der Waals surface area contributed by atoms with Crippen LogP contribution in [0.2, 0.25) is 0 Å². The molecule has 1 atom stereocenters. The Morgan fingerprint density at radius 3 is 2.95 bits per heavy atom. The van der Waals surface area contributed by atoms with Gasteiger partial charge >= 0.3 is 6.03 Å². The minimum Gasteiger partial charge on any atom is -0.380 e. The summed E-state index contributed by atoms with van der Waals surface area (Å²) in [7, 11) is 1.67. The lowest BCUT2D eigenvalue weighted by Gasteiger charge is -2.30. The Bertz CT molecular complexity index is 1310. The highest BCUT2D eigenvalue weighted by atomic mass is 16.5. The third-order valence-electron chi connectivity index (χ3n) is 7.34. The van der Waals surface area contributed by atoms with Gasteiger partial charge in [0, 0.05) is 64.3 Å². The van der Waals surface area contributed by atoms with Crippen LogP contribution in [0.5, 0.6) is 0 Å². The maximum Gasteiger partial charge on any atom is 0.328 e. The molecule has 2 aromatic rings. The fraction of sp³-hybridized carbons (Fsp3) is 0.481. The predicted molar refractivity (Wildman–Crippen MR) is 142 cm³/mol. The Morgan fingerprint density at radius 2 is 2.18 bits per heavy atom. The predicted octanol–water partition coefficient (Wildman–Crippen LogP) is 2.12. The second kappa shape index (κ2) is 11.8. The Balaban J connectivity index is 1.36. The maximum atomic E-state index is 13.4. The Hall–Kier alpha value is -4.08. The quantitative estimate of drug-likeness (QED) is 0.553. The summed E-state index contributed by atoms with van der Waals surface area (Å²) in [6, 6.07) is 5.33. The standard InChI is InChI=1S/C27H31N7O5/c1-38-21-5-8-32(15-21)23-11-24(29-13-20(23)12-28)31-27(37)34-7-2-4-18-10-19(22(16-35)30-26(18)34)14-33-6-3-9-39-17-25(33)36/h10-11,13,16,21H,2-9,14-15,17H2,1H3,(H,29,31,37). The number of aldehydes is 1. The van der Waals surface area contributed by atoms with Gasteiger partial charge in [0.1, 0.15) is 30.0 Å². The summed E-state index contributed by atoms with van der Waals surface area (Å²) in [5.74, 6) is 0.617. The summed E-state index contributed by atoms with van der Waals surface area (Å²) in [4.78, 5) is 51.8. The van der Waals surface area contributed by atoms with Crippen molar-refractivity contribution in [2.24, 2.45) is 0 Å². The molecule has 5 heterocycles. The second-order valence-corrected chi connectivity index (χ2v) is 9.83. The van der Waals surface area contributed by atoms with Crippen LogP contribution in [0.3, 0.4) is 0 Å². The molecule has 0 aliphatic carbocycles. The number of amides is 3. The minimum atomic E-state index is -0.424. The number of nitriles is 1. The first-order valence-corrected chi connectivity index (χ1v) is 13.1. The molecule has 1 unspecified atom stereocenters. The number of carbonyl (C=O) groups excluding carboxylic acids is 3. The van der Waals surface area contributed by atoms with E-state index >= 15 is 0 Å². The van der Waals surface area contributed by atoms with Crippen molar-refractivity contribution in [3.63, 3.8) is 0 Å². The summed E-state index contributed by atoms with van der Waals surface area (Å²) >= 11 is 0. The Labute approximate surface area is 226 Å². The van der Waals surface area contributed by atoms with Crippen molar-refractivity contribution >= 4 is 35.5 Å². The summed E-state index contributed by atoms with van der Waals surface area (Å²) in [6.45, 7) is 3.18. The summed E-state index contributed by atoms with van der Waals surface area (Å²) in [6.07, 6.45) is 5.20. The molecule has 12 heteroatoms. The number of hydrogen-bond acceptors (Lipinski definition) is 9. The van der Waals surface area contributed by atoms with E-state index in [0.717, 1.165) is 31.4 Å². The van der Waals surface area contributed by atoms with Crippen molar-refractivity contribution in [2.75, 3.05) is 61.6 Å². The topological polar surface area (TPSA) is 141 Å². The third kappa shape index (κ3) is 5.69. The van der Waals surface area contributed by atoms with Crippen molar-refractivity contribution in [2.45, 2.75) is 38.3 Å². The number of aromatic nitrogens is 2. The molecule has 2 fully saturated rings. The van der Waals surface area contributed by atoms with Gasteiger partial charge in [-0.3, -0.25) is 19.8 Å². The van der Waals surface area contributed by atoms with Crippen LogP contribution in [-0.4, -0.2) is 85.7 Å². The zero-order valence-corrected chi connectivity index (χ0v) is 21.9. The lowest BCUT2D eigenvalue weighted by molar-refractivity contribution is -0.134. The fourth-order valence-corrected chi connectivity index (χ4v) is 5.27. The number of urea groups is 1. The number of carbonyl (C=O) groups is 3. The molecule has 12 nitrogen and oxygen atoms in total. The van der Waals surface area contributed by atoms with E-state index < -0.39 is 6.03 Å². The Kier molecular flexibility index (Phi) is 7.99. The van der Waals surface area contributed by atoms with Crippen molar-refractivity contribution < 1.29 is 23.9 Å². The van der Waals surface area contributed by atoms with Crippen LogP contribution >= 0.6 is 0 Å². The molecule has 5 rings (SSSR count). The van der Waals surface area contributed by atoms with Crippen LogP contribution in [0.15, 0.2) is 18.3 Å². The lowest BCUT2D eigenvalue weighted by atomic mass is 10.0. The molecule has 39 heavy (non-hydrogen) atoms. The van der Waals surface area contributed by atoms with Crippen molar-refractivity contribution in [3.8, 4) is 6.07 Å². The first-order chi connectivity index (χ1) is 19.0. The summed E-state index contributed by atoms with van der Waals surface area (Å²) < 4.78 is 10.8. The largest absolute Gasteiger partial charge is 0.380 e. The molecule has 2 aromatic heterocycles. The molecule has 3 aliphatic heterocycles. The van der Waals surface area contributed by atoms with E-state index in [1.54, 1.807) is 18.1 Å². The number of nitrogens with one attached hydrogen (secondary N) is 1. The van der Waals surface area contributed by atoms with E-state index in [0.29, 0.717) is 67.4 Å². The van der Waals surface area contributed by atoms with Crippen molar-refractivity contribution in [3.05, 3.63) is 40.7 Å². The van der Waals surface area contributed by atoms with Crippen LogP contribution < -0.4 is 15.1 Å². The van der Waals surface area contributed by atoms with Crippen LogP contribution in [0, 0.1) is 11.3 Å². The van der Waals surface area contributed by atoms with E-state index in [4.69, 9.17) is 9.47 Å². The number of hydrogen-bond donors (Lipinski definition) is 1.